The second kappa shape index (κ2) is 7.15. The average molecular weight is 334 g/mol. The van der Waals surface area contributed by atoms with Crippen LogP contribution in [-0.2, 0) is 4.74 Å². The van der Waals surface area contributed by atoms with E-state index in [1.807, 2.05) is 31.2 Å². The van der Waals surface area contributed by atoms with Crippen LogP contribution in [0.25, 0.3) is 5.69 Å². The number of hydrogen-bond acceptors (Lipinski definition) is 4. The van der Waals surface area contributed by atoms with Gasteiger partial charge < -0.3 is 10.1 Å². The molecule has 1 aliphatic rings. The minimum Gasteiger partial charge on any atom is -0.382 e. The smallest absolute Gasteiger partial charge is 0.292 e. The van der Waals surface area contributed by atoms with Crippen LogP contribution in [-0.4, -0.2) is 29.5 Å². The fraction of sp³-hybridized carbons (Fsp3) is 0.412. The van der Waals surface area contributed by atoms with E-state index < -0.39 is 0 Å². The van der Waals surface area contributed by atoms with Crippen molar-refractivity contribution in [2.45, 2.75) is 19.8 Å². The minimum absolute atomic E-state index is 0.167. The van der Waals surface area contributed by atoms with Gasteiger partial charge in [0.1, 0.15) is 5.02 Å². The molecule has 1 N–H and O–H groups in total. The van der Waals surface area contributed by atoms with Gasteiger partial charge in [-0.25, -0.2) is 0 Å². The number of rotatable bonds is 4. The van der Waals surface area contributed by atoms with E-state index >= 15 is 0 Å². The third-order valence-electron chi connectivity index (χ3n) is 4.10. The topological polar surface area (TPSA) is 56.1 Å². The number of aryl methyl sites for hydroxylation is 1. The molecule has 1 aliphatic heterocycles. The average Bonchev–Trinajstić information content (AvgIpc) is 2.58. The van der Waals surface area contributed by atoms with E-state index in [9.17, 15) is 4.79 Å². The first-order valence-electron chi connectivity index (χ1n) is 7.82. The second-order valence-electron chi connectivity index (χ2n) is 5.84. The number of halogens is 1. The Kier molecular flexibility index (Phi) is 4.98. The van der Waals surface area contributed by atoms with Crippen molar-refractivity contribution in [1.29, 1.82) is 0 Å². The molecule has 0 saturated carbocycles. The highest BCUT2D eigenvalue weighted by Crippen LogP contribution is 2.20. The summed E-state index contributed by atoms with van der Waals surface area (Å²) >= 11 is 6.25. The maximum Gasteiger partial charge on any atom is 0.292 e. The van der Waals surface area contributed by atoms with E-state index in [0.29, 0.717) is 11.6 Å². The van der Waals surface area contributed by atoms with Gasteiger partial charge >= 0.3 is 0 Å². The van der Waals surface area contributed by atoms with Gasteiger partial charge in [0.25, 0.3) is 5.56 Å². The summed E-state index contributed by atoms with van der Waals surface area (Å²) < 4.78 is 6.80. The highest BCUT2D eigenvalue weighted by molar-refractivity contribution is 6.32. The molecule has 1 saturated heterocycles. The lowest BCUT2D eigenvalue weighted by atomic mass is 10.0. The van der Waals surface area contributed by atoms with Crippen LogP contribution < -0.4 is 10.9 Å². The molecule has 1 unspecified atom stereocenters. The van der Waals surface area contributed by atoms with Gasteiger partial charge in [-0.15, -0.1) is 0 Å². The van der Waals surface area contributed by atoms with E-state index in [1.54, 1.807) is 6.20 Å². The van der Waals surface area contributed by atoms with E-state index in [4.69, 9.17) is 16.3 Å². The zero-order chi connectivity index (χ0) is 16.2. The van der Waals surface area contributed by atoms with E-state index in [1.165, 1.54) is 4.68 Å². The van der Waals surface area contributed by atoms with Crippen LogP contribution in [0.2, 0.25) is 5.02 Å². The molecule has 0 radical (unpaired) electrons. The first-order valence-corrected chi connectivity index (χ1v) is 8.20. The van der Waals surface area contributed by atoms with Gasteiger partial charge in [-0.1, -0.05) is 29.8 Å². The molecule has 3 rings (SSSR count). The maximum atomic E-state index is 12.5. The molecule has 0 aliphatic carbocycles. The monoisotopic (exact) mass is 333 g/mol. The summed E-state index contributed by atoms with van der Waals surface area (Å²) in [5, 5.41) is 7.66. The van der Waals surface area contributed by atoms with E-state index in [0.717, 1.165) is 43.9 Å². The standard InChI is InChI=1S/C17H20ClN3O2/c1-12-5-2-3-7-15(12)21-17(22)16(18)14(10-20-21)19-9-13-6-4-8-23-11-13/h2-3,5,7,10,13,19H,4,6,8-9,11H2,1H3. The Morgan fingerprint density at radius 2 is 2.26 bits per heavy atom. The molecule has 1 fully saturated rings. The highest BCUT2D eigenvalue weighted by Gasteiger charge is 2.16. The number of aromatic nitrogens is 2. The van der Waals surface area contributed by atoms with Crippen molar-refractivity contribution in [2.75, 3.05) is 25.1 Å². The van der Waals surface area contributed by atoms with Crippen LogP contribution in [0.15, 0.2) is 35.3 Å². The summed E-state index contributed by atoms with van der Waals surface area (Å²) in [7, 11) is 0. The Hall–Kier alpha value is -1.85. The lowest BCUT2D eigenvalue weighted by molar-refractivity contribution is 0.0595. The van der Waals surface area contributed by atoms with Gasteiger partial charge in [0.05, 0.1) is 24.2 Å². The SMILES string of the molecule is Cc1ccccc1-n1ncc(NCC2CCCOC2)c(Cl)c1=O. The van der Waals surface area contributed by atoms with Crippen LogP contribution in [0.3, 0.4) is 0 Å². The lowest BCUT2D eigenvalue weighted by Gasteiger charge is -2.22. The molecule has 0 spiro atoms. The number of ether oxygens (including phenoxy) is 1. The van der Waals surface area contributed by atoms with Gasteiger partial charge in [-0.3, -0.25) is 4.79 Å². The Morgan fingerprint density at radius 3 is 3.00 bits per heavy atom. The summed E-state index contributed by atoms with van der Waals surface area (Å²) in [6.07, 6.45) is 3.81. The molecule has 2 heterocycles. The molecule has 2 aromatic rings. The molecular formula is C17H20ClN3O2. The summed E-state index contributed by atoms with van der Waals surface area (Å²) in [5.74, 6) is 0.443. The molecule has 23 heavy (non-hydrogen) atoms. The number of hydrogen-bond donors (Lipinski definition) is 1. The third-order valence-corrected chi connectivity index (χ3v) is 4.46. The van der Waals surface area contributed by atoms with Gasteiger partial charge in [-0.2, -0.15) is 9.78 Å². The predicted molar refractivity (Wildman–Crippen MR) is 91.6 cm³/mol. The number of benzene rings is 1. The van der Waals surface area contributed by atoms with Crippen LogP contribution in [0.4, 0.5) is 5.69 Å². The van der Waals surface area contributed by atoms with Crippen molar-refractivity contribution >= 4 is 17.3 Å². The quantitative estimate of drug-likeness (QED) is 0.934. The molecule has 6 heteroatoms. The van der Waals surface area contributed by atoms with Gasteiger partial charge in [0.15, 0.2) is 0 Å². The predicted octanol–water partition coefficient (Wildman–Crippen LogP) is 3.03. The van der Waals surface area contributed by atoms with Crippen LogP contribution >= 0.6 is 11.6 Å². The zero-order valence-corrected chi connectivity index (χ0v) is 13.8. The number of nitrogens with one attached hydrogen (secondary N) is 1. The molecule has 5 nitrogen and oxygen atoms in total. The third kappa shape index (κ3) is 3.57. The fourth-order valence-electron chi connectivity index (χ4n) is 2.75. The Morgan fingerprint density at radius 1 is 1.43 bits per heavy atom. The zero-order valence-electron chi connectivity index (χ0n) is 13.1. The van der Waals surface area contributed by atoms with Crippen molar-refractivity contribution < 1.29 is 4.74 Å². The van der Waals surface area contributed by atoms with Crippen LogP contribution in [0.1, 0.15) is 18.4 Å². The Bertz CT molecular complexity index is 739. The molecule has 0 amide bonds. The minimum atomic E-state index is -0.314. The van der Waals surface area contributed by atoms with Crippen molar-refractivity contribution in [3.63, 3.8) is 0 Å². The van der Waals surface area contributed by atoms with Gasteiger partial charge in [0.2, 0.25) is 0 Å². The summed E-state index contributed by atoms with van der Waals surface area (Å²) in [4.78, 5) is 12.5. The molecular weight excluding hydrogens is 314 g/mol. The molecule has 1 aromatic carbocycles. The first kappa shape index (κ1) is 16.0. The van der Waals surface area contributed by atoms with E-state index in [2.05, 4.69) is 10.4 Å². The van der Waals surface area contributed by atoms with E-state index in [-0.39, 0.29) is 10.6 Å². The highest BCUT2D eigenvalue weighted by atomic mass is 35.5. The summed E-state index contributed by atoms with van der Waals surface area (Å²) in [6, 6.07) is 7.59. The Balaban J connectivity index is 1.80. The van der Waals surface area contributed by atoms with Crippen LogP contribution in [0, 0.1) is 12.8 Å². The summed E-state index contributed by atoms with van der Waals surface area (Å²) in [5.41, 5.74) is 1.97. The number of para-hydroxylation sites is 1. The first-order chi connectivity index (χ1) is 11.2. The van der Waals surface area contributed by atoms with Crippen molar-refractivity contribution in [3.05, 3.63) is 51.4 Å². The molecule has 122 valence electrons. The fourth-order valence-corrected chi connectivity index (χ4v) is 2.95. The van der Waals surface area contributed by atoms with Crippen molar-refractivity contribution in [2.24, 2.45) is 5.92 Å². The van der Waals surface area contributed by atoms with Crippen molar-refractivity contribution in [1.82, 2.24) is 9.78 Å². The van der Waals surface area contributed by atoms with Gasteiger partial charge in [0, 0.05) is 13.2 Å². The summed E-state index contributed by atoms with van der Waals surface area (Å²) in [6.45, 7) is 4.26. The number of nitrogens with zero attached hydrogens (tertiary/aromatic N) is 2. The molecule has 1 aromatic heterocycles. The second-order valence-corrected chi connectivity index (χ2v) is 6.22. The van der Waals surface area contributed by atoms with Crippen molar-refractivity contribution in [3.8, 4) is 5.69 Å². The lowest BCUT2D eigenvalue weighted by Crippen LogP contribution is -2.27. The normalized spacial score (nSPS) is 17.9. The van der Waals surface area contributed by atoms with Gasteiger partial charge in [-0.05, 0) is 37.3 Å². The van der Waals surface area contributed by atoms with Crippen LogP contribution in [0.5, 0.6) is 0 Å². The number of anilines is 1. The molecule has 1 atom stereocenters. The molecule has 0 bridgehead atoms. The Labute approximate surface area is 140 Å². The largest absolute Gasteiger partial charge is 0.382 e. The maximum absolute atomic E-state index is 12.5.